The maximum Gasteiger partial charge on any atom is 0.224 e. The third-order valence-corrected chi connectivity index (χ3v) is 6.57. The van der Waals surface area contributed by atoms with E-state index in [2.05, 4.69) is 11.4 Å². The molecule has 0 aromatic heterocycles. The van der Waals surface area contributed by atoms with Gasteiger partial charge in [0.05, 0.1) is 17.8 Å². The van der Waals surface area contributed by atoms with Crippen LogP contribution in [0.25, 0.3) is 0 Å². The van der Waals surface area contributed by atoms with Crippen molar-refractivity contribution in [1.29, 1.82) is 0 Å². The minimum absolute atomic E-state index is 0.0390. The fraction of sp³-hybridized carbons (Fsp3) is 0.650. The average molecular weight is 397 g/mol. The number of aryl methyl sites for hydroxylation is 1. The van der Waals surface area contributed by atoms with E-state index in [4.69, 9.17) is 4.74 Å². The molecule has 1 atom stereocenters. The Morgan fingerprint density at radius 3 is 2.85 bits per heavy atom. The quantitative estimate of drug-likeness (QED) is 0.651. The predicted octanol–water partition coefficient (Wildman–Crippen LogP) is 2.58. The van der Waals surface area contributed by atoms with Gasteiger partial charge in [0, 0.05) is 19.6 Å². The number of sulfonamides is 1. The molecule has 1 aliphatic heterocycles. The first-order valence-electron chi connectivity index (χ1n) is 9.83. The molecule has 2 rings (SSSR count). The van der Waals surface area contributed by atoms with Crippen molar-refractivity contribution in [3.05, 3.63) is 29.8 Å². The normalized spacial score (nSPS) is 18.4. The zero-order chi connectivity index (χ0) is 19.9. The largest absolute Gasteiger partial charge is 0.491 e. The second-order valence-electron chi connectivity index (χ2n) is 7.31. The van der Waals surface area contributed by atoms with E-state index in [0.717, 1.165) is 31.4 Å². The van der Waals surface area contributed by atoms with E-state index in [-0.39, 0.29) is 23.7 Å². The predicted molar refractivity (Wildman–Crippen MR) is 107 cm³/mol. The Labute approximate surface area is 163 Å². The Morgan fingerprint density at radius 1 is 1.37 bits per heavy atom. The molecule has 0 saturated carbocycles. The summed E-state index contributed by atoms with van der Waals surface area (Å²) in [5.74, 6) is 0.665. The fourth-order valence-electron chi connectivity index (χ4n) is 3.29. The van der Waals surface area contributed by atoms with Gasteiger partial charge in [-0.1, -0.05) is 12.1 Å². The number of piperidine rings is 1. The summed E-state index contributed by atoms with van der Waals surface area (Å²) in [5, 5.41) is 2.97. The zero-order valence-electron chi connectivity index (χ0n) is 16.6. The first-order chi connectivity index (χ1) is 12.8. The van der Waals surface area contributed by atoms with Crippen molar-refractivity contribution >= 4 is 15.9 Å². The number of rotatable bonds is 9. The molecule has 0 bridgehead atoms. The van der Waals surface area contributed by atoms with E-state index in [0.29, 0.717) is 19.6 Å². The van der Waals surface area contributed by atoms with Crippen molar-refractivity contribution < 1.29 is 17.9 Å². The Kier molecular flexibility index (Phi) is 8.10. The van der Waals surface area contributed by atoms with Gasteiger partial charge in [-0.2, -0.15) is 0 Å². The summed E-state index contributed by atoms with van der Waals surface area (Å²) < 4.78 is 31.2. The summed E-state index contributed by atoms with van der Waals surface area (Å²) in [5.41, 5.74) is 1.18. The molecule has 152 valence electrons. The highest BCUT2D eigenvalue weighted by molar-refractivity contribution is 7.89. The Morgan fingerprint density at radius 2 is 2.15 bits per heavy atom. The number of amides is 1. The van der Waals surface area contributed by atoms with Crippen molar-refractivity contribution in [2.45, 2.75) is 52.6 Å². The molecule has 1 saturated heterocycles. The van der Waals surface area contributed by atoms with Crippen LogP contribution in [0.5, 0.6) is 5.75 Å². The second-order valence-corrected chi connectivity index (χ2v) is 9.56. The van der Waals surface area contributed by atoms with Gasteiger partial charge in [0.2, 0.25) is 15.9 Å². The lowest BCUT2D eigenvalue weighted by Crippen LogP contribution is -2.46. The molecule has 7 heteroatoms. The van der Waals surface area contributed by atoms with Gasteiger partial charge < -0.3 is 10.1 Å². The standard InChI is InChI=1S/C20H32N2O4S/c1-4-27(24,25)22-13-7-10-18(15-22)20(23)21-12-6-9-17-8-5-11-19(14-17)26-16(2)3/h5,8,11,14,16,18H,4,6-7,9-10,12-13,15H2,1-3H3,(H,21,23)/t18-/m0/s1. The highest BCUT2D eigenvalue weighted by Crippen LogP contribution is 2.20. The molecule has 1 aliphatic rings. The first-order valence-corrected chi connectivity index (χ1v) is 11.4. The van der Waals surface area contributed by atoms with Gasteiger partial charge in [0.25, 0.3) is 0 Å². The molecule has 0 radical (unpaired) electrons. The number of carbonyl (C=O) groups is 1. The van der Waals surface area contributed by atoms with Crippen LogP contribution >= 0.6 is 0 Å². The highest BCUT2D eigenvalue weighted by Gasteiger charge is 2.31. The van der Waals surface area contributed by atoms with Crippen LogP contribution < -0.4 is 10.1 Å². The summed E-state index contributed by atoms with van der Waals surface area (Å²) in [6.07, 6.45) is 3.32. The van der Waals surface area contributed by atoms with Crippen molar-refractivity contribution in [1.82, 2.24) is 9.62 Å². The lowest BCUT2D eigenvalue weighted by molar-refractivity contribution is -0.126. The molecule has 0 unspecified atom stereocenters. The maximum absolute atomic E-state index is 12.4. The summed E-state index contributed by atoms with van der Waals surface area (Å²) in [4.78, 5) is 12.4. The molecule has 0 aliphatic carbocycles. The van der Waals surface area contributed by atoms with Crippen LogP contribution in [0, 0.1) is 5.92 Å². The molecule has 1 aromatic rings. The molecule has 0 spiro atoms. The number of ether oxygens (including phenoxy) is 1. The molecule has 1 aromatic carbocycles. The van der Waals surface area contributed by atoms with Crippen LogP contribution in [0.2, 0.25) is 0 Å². The van der Waals surface area contributed by atoms with E-state index in [1.54, 1.807) is 6.92 Å². The number of hydrogen-bond donors (Lipinski definition) is 1. The number of carbonyl (C=O) groups excluding carboxylic acids is 1. The molecule has 27 heavy (non-hydrogen) atoms. The molecule has 1 N–H and O–H groups in total. The number of nitrogens with one attached hydrogen (secondary N) is 1. The number of benzene rings is 1. The van der Waals surface area contributed by atoms with Gasteiger partial charge in [0.1, 0.15) is 5.75 Å². The SMILES string of the molecule is CCS(=O)(=O)N1CCC[C@H](C(=O)NCCCc2cccc(OC(C)C)c2)C1. The van der Waals surface area contributed by atoms with Crippen molar-refractivity contribution in [2.75, 3.05) is 25.4 Å². The van der Waals surface area contributed by atoms with E-state index >= 15 is 0 Å². The van der Waals surface area contributed by atoms with E-state index in [1.807, 2.05) is 32.0 Å². The van der Waals surface area contributed by atoms with Gasteiger partial charge >= 0.3 is 0 Å². The Hall–Kier alpha value is -1.60. The number of hydrogen-bond acceptors (Lipinski definition) is 4. The maximum atomic E-state index is 12.4. The fourth-order valence-corrected chi connectivity index (χ4v) is 4.47. The van der Waals surface area contributed by atoms with Gasteiger partial charge in [0.15, 0.2) is 0 Å². The van der Waals surface area contributed by atoms with Crippen LogP contribution in [0.3, 0.4) is 0 Å². The molecule has 6 nitrogen and oxygen atoms in total. The summed E-state index contributed by atoms with van der Waals surface area (Å²) >= 11 is 0. The minimum Gasteiger partial charge on any atom is -0.491 e. The number of nitrogens with zero attached hydrogens (tertiary/aromatic N) is 1. The van der Waals surface area contributed by atoms with Crippen molar-refractivity contribution in [3.8, 4) is 5.75 Å². The van der Waals surface area contributed by atoms with E-state index in [9.17, 15) is 13.2 Å². The topological polar surface area (TPSA) is 75.7 Å². The van der Waals surface area contributed by atoms with Gasteiger partial charge in [-0.25, -0.2) is 12.7 Å². The third-order valence-electron chi connectivity index (χ3n) is 4.72. The summed E-state index contributed by atoms with van der Waals surface area (Å²) in [7, 11) is -3.22. The molecule has 1 fully saturated rings. The monoisotopic (exact) mass is 396 g/mol. The third kappa shape index (κ3) is 6.81. The van der Waals surface area contributed by atoms with E-state index in [1.165, 1.54) is 9.87 Å². The zero-order valence-corrected chi connectivity index (χ0v) is 17.4. The highest BCUT2D eigenvalue weighted by atomic mass is 32.2. The molecule has 1 amide bonds. The summed E-state index contributed by atoms with van der Waals surface area (Å²) in [6.45, 7) is 7.05. The lowest BCUT2D eigenvalue weighted by atomic mass is 9.99. The van der Waals surface area contributed by atoms with Gasteiger partial charge in [-0.3, -0.25) is 4.79 Å². The summed E-state index contributed by atoms with van der Waals surface area (Å²) in [6, 6.07) is 8.03. The van der Waals surface area contributed by atoms with Gasteiger partial charge in [-0.05, 0) is 64.2 Å². The average Bonchev–Trinajstić information content (AvgIpc) is 2.65. The van der Waals surface area contributed by atoms with E-state index < -0.39 is 10.0 Å². The second kappa shape index (κ2) is 10.1. The lowest BCUT2D eigenvalue weighted by Gasteiger charge is -2.30. The van der Waals surface area contributed by atoms with Crippen LogP contribution in [-0.2, 0) is 21.2 Å². The molecular weight excluding hydrogens is 364 g/mol. The Bertz CT molecular complexity index is 718. The minimum atomic E-state index is -3.22. The Balaban J connectivity index is 1.76. The smallest absolute Gasteiger partial charge is 0.224 e. The molecular formula is C20H32N2O4S. The van der Waals surface area contributed by atoms with Gasteiger partial charge in [-0.15, -0.1) is 0 Å². The van der Waals surface area contributed by atoms with Crippen LogP contribution in [0.4, 0.5) is 0 Å². The molecule has 1 heterocycles. The van der Waals surface area contributed by atoms with Crippen LogP contribution in [0.1, 0.15) is 45.6 Å². The van der Waals surface area contributed by atoms with Crippen molar-refractivity contribution in [2.24, 2.45) is 5.92 Å². The first kappa shape index (κ1) is 21.7. The van der Waals surface area contributed by atoms with Crippen LogP contribution in [-0.4, -0.2) is 50.1 Å². The van der Waals surface area contributed by atoms with Crippen molar-refractivity contribution in [3.63, 3.8) is 0 Å². The van der Waals surface area contributed by atoms with Crippen LogP contribution in [0.15, 0.2) is 24.3 Å².